The number of rotatable bonds is 6. The van der Waals surface area contributed by atoms with Gasteiger partial charge in [-0.3, -0.25) is 0 Å². The maximum Gasteiger partial charge on any atom is 0.150 e. The Bertz CT molecular complexity index is 823. The molecule has 0 saturated carbocycles. The predicted octanol–water partition coefficient (Wildman–Crippen LogP) is 4.89. The zero-order valence-corrected chi connectivity index (χ0v) is 14.9. The number of nitrogens with one attached hydrogen (secondary N) is 1. The van der Waals surface area contributed by atoms with E-state index in [1.807, 2.05) is 32.0 Å². The van der Waals surface area contributed by atoms with Gasteiger partial charge in [0.25, 0.3) is 0 Å². The molecule has 0 amide bonds. The molecule has 2 aromatic heterocycles. The first-order valence-electron chi connectivity index (χ1n) is 8.61. The van der Waals surface area contributed by atoms with Crippen molar-refractivity contribution in [1.82, 2.24) is 10.1 Å². The van der Waals surface area contributed by atoms with Gasteiger partial charge in [0.1, 0.15) is 11.6 Å². The number of aromatic nitrogens is 2. The zero-order valence-electron chi connectivity index (χ0n) is 14.9. The molecule has 0 bridgehead atoms. The molecule has 2 heterocycles. The summed E-state index contributed by atoms with van der Waals surface area (Å²) in [5.41, 5.74) is 10.6. The minimum atomic E-state index is 0.168. The number of anilines is 2. The van der Waals surface area contributed by atoms with Crippen molar-refractivity contribution in [2.24, 2.45) is 0 Å². The summed E-state index contributed by atoms with van der Waals surface area (Å²) in [6.45, 7) is 5.99. The van der Waals surface area contributed by atoms with Gasteiger partial charge in [-0.1, -0.05) is 48.8 Å². The van der Waals surface area contributed by atoms with Crippen molar-refractivity contribution in [3.63, 3.8) is 0 Å². The molecule has 3 rings (SSSR count). The van der Waals surface area contributed by atoms with E-state index < -0.39 is 0 Å². The lowest BCUT2D eigenvalue weighted by molar-refractivity contribution is 0.393. The van der Waals surface area contributed by atoms with Gasteiger partial charge in [0.2, 0.25) is 0 Å². The number of nitrogens with two attached hydrogens (primary N) is 1. The summed E-state index contributed by atoms with van der Waals surface area (Å²) in [6.07, 6.45) is 2.07. The lowest BCUT2D eigenvalue weighted by Gasteiger charge is -2.20. The van der Waals surface area contributed by atoms with E-state index in [1.54, 1.807) is 0 Å². The Hall–Kier alpha value is -2.82. The summed E-state index contributed by atoms with van der Waals surface area (Å²) < 4.78 is 5.27. The minimum absolute atomic E-state index is 0.168. The van der Waals surface area contributed by atoms with Gasteiger partial charge in [-0.2, -0.15) is 0 Å². The lowest BCUT2D eigenvalue weighted by Crippen LogP contribution is -2.13. The zero-order chi connectivity index (χ0) is 17.8. The highest BCUT2D eigenvalue weighted by atomic mass is 16.5. The van der Waals surface area contributed by atoms with Crippen LogP contribution in [0.4, 0.5) is 11.5 Å². The highest BCUT2D eigenvalue weighted by Gasteiger charge is 2.17. The molecule has 25 heavy (non-hydrogen) atoms. The van der Waals surface area contributed by atoms with Gasteiger partial charge in [0.05, 0.1) is 28.7 Å². The SMILES string of the molecule is CCC[C@H](Nc1nc(-c2c(C)noc2C)ccc1N)c1ccccc1. The minimum Gasteiger partial charge on any atom is -0.396 e. The fourth-order valence-corrected chi connectivity index (χ4v) is 3.03. The quantitative estimate of drug-likeness (QED) is 0.670. The highest BCUT2D eigenvalue weighted by molar-refractivity contribution is 5.71. The van der Waals surface area contributed by atoms with E-state index in [9.17, 15) is 0 Å². The monoisotopic (exact) mass is 336 g/mol. The normalized spacial score (nSPS) is 12.1. The fourth-order valence-electron chi connectivity index (χ4n) is 3.03. The van der Waals surface area contributed by atoms with Crippen LogP contribution in [0, 0.1) is 13.8 Å². The summed E-state index contributed by atoms with van der Waals surface area (Å²) in [5, 5.41) is 7.53. The van der Waals surface area contributed by atoms with E-state index in [2.05, 4.69) is 41.7 Å². The van der Waals surface area contributed by atoms with Gasteiger partial charge >= 0.3 is 0 Å². The number of benzene rings is 1. The molecule has 130 valence electrons. The molecule has 3 N–H and O–H groups in total. The van der Waals surface area contributed by atoms with Gasteiger partial charge in [-0.05, 0) is 38.0 Å². The van der Waals surface area contributed by atoms with Crippen LogP contribution in [0.3, 0.4) is 0 Å². The van der Waals surface area contributed by atoms with Crippen LogP contribution in [0.5, 0.6) is 0 Å². The highest BCUT2D eigenvalue weighted by Crippen LogP contribution is 2.31. The van der Waals surface area contributed by atoms with Crippen LogP contribution in [0.25, 0.3) is 11.3 Å². The molecule has 5 nitrogen and oxygen atoms in total. The first-order chi connectivity index (χ1) is 12.1. The van der Waals surface area contributed by atoms with Crippen molar-refractivity contribution in [1.29, 1.82) is 0 Å². The van der Waals surface area contributed by atoms with Crippen LogP contribution in [0.2, 0.25) is 0 Å². The molecule has 0 aliphatic rings. The van der Waals surface area contributed by atoms with Crippen LogP contribution in [-0.2, 0) is 0 Å². The van der Waals surface area contributed by atoms with Crippen LogP contribution < -0.4 is 11.1 Å². The fraction of sp³-hybridized carbons (Fsp3) is 0.300. The number of nitrogen functional groups attached to an aromatic ring is 1. The molecule has 0 spiro atoms. The van der Waals surface area contributed by atoms with Crippen molar-refractivity contribution >= 4 is 11.5 Å². The molecule has 0 aliphatic heterocycles. The van der Waals surface area contributed by atoms with Gasteiger partial charge in [0, 0.05) is 0 Å². The number of hydrogen-bond donors (Lipinski definition) is 2. The van der Waals surface area contributed by atoms with Gasteiger partial charge in [-0.25, -0.2) is 4.98 Å². The van der Waals surface area contributed by atoms with Crippen molar-refractivity contribution in [2.75, 3.05) is 11.1 Å². The molecule has 1 aromatic carbocycles. The molecule has 3 aromatic rings. The van der Waals surface area contributed by atoms with Gasteiger partial charge in [0.15, 0.2) is 0 Å². The maximum absolute atomic E-state index is 6.18. The molecule has 0 fully saturated rings. The largest absolute Gasteiger partial charge is 0.396 e. The average Bonchev–Trinajstić information content (AvgIpc) is 2.96. The number of nitrogens with zero attached hydrogens (tertiary/aromatic N) is 2. The second-order valence-corrected chi connectivity index (χ2v) is 6.23. The summed E-state index contributed by atoms with van der Waals surface area (Å²) in [7, 11) is 0. The third kappa shape index (κ3) is 3.65. The second kappa shape index (κ2) is 7.38. The van der Waals surface area contributed by atoms with Gasteiger partial charge < -0.3 is 15.6 Å². The molecule has 5 heteroatoms. The standard InChI is InChI=1S/C20H24N4O/c1-4-8-17(15-9-6-5-7-10-15)22-20-16(21)11-12-18(23-20)19-13(2)24-25-14(19)3/h5-7,9-12,17H,4,8,21H2,1-3H3,(H,22,23)/t17-/m0/s1. The van der Waals surface area contributed by atoms with E-state index in [0.717, 1.165) is 35.6 Å². The van der Waals surface area contributed by atoms with Crippen molar-refractivity contribution in [2.45, 2.75) is 39.7 Å². The predicted molar refractivity (Wildman–Crippen MR) is 101 cm³/mol. The Labute approximate surface area is 148 Å². The van der Waals surface area contributed by atoms with E-state index in [1.165, 1.54) is 5.56 Å². The molecule has 0 saturated heterocycles. The Morgan fingerprint density at radius 2 is 1.88 bits per heavy atom. The van der Waals surface area contributed by atoms with E-state index >= 15 is 0 Å². The molecule has 0 aliphatic carbocycles. The summed E-state index contributed by atoms with van der Waals surface area (Å²) >= 11 is 0. The molecule has 0 unspecified atom stereocenters. The maximum atomic E-state index is 6.18. The smallest absolute Gasteiger partial charge is 0.150 e. The topological polar surface area (TPSA) is 77.0 Å². The number of hydrogen-bond acceptors (Lipinski definition) is 5. The van der Waals surface area contributed by atoms with Crippen molar-refractivity contribution in [3.8, 4) is 11.3 Å². The Morgan fingerprint density at radius 1 is 1.12 bits per heavy atom. The van der Waals surface area contributed by atoms with Crippen LogP contribution >= 0.6 is 0 Å². The van der Waals surface area contributed by atoms with E-state index in [-0.39, 0.29) is 6.04 Å². The first-order valence-corrected chi connectivity index (χ1v) is 8.61. The number of pyridine rings is 1. The summed E-state index contributed by atoms with van der Waals surface area (Å²) in [6, 6.07) is 14.3. The average molecular weight is 336 g/mol. The van der Waals surface area contributed by atoms with Crippen LogP contribution in [-0.4, -0.2) is 10.1 Å². The number of aryl methyl sites for hydroxylation is 2. The van der Waals surface area contributed by atoms with Crippen molar-refractivity contribution < 1.29 is 4.52 Å². The van der Waals surface area contributed by atoms with E-state index in [0.29, 0.717) is 11.5 Å². The Balaban J connectivity index is 1.95. The molecular formula is C20H24N4O. The van der Waals surface area contributed by atoms with Gasteiger partial charge in [-0.15, -0.1) is 0 Å². The Kier molecular flexibility index (Phi) is 5.03. The van der Waals surface area contributed by atoms with E-state index in [4.69, 9.17) is 15.2 Å². The third-order valence-corrected chi connectivity index (χ3v) is 4.31. The molecular weight excluding hydrogens is 312 g/mol. The van der Waals surface area contributed by atoms with Crippen molar-refractivity contribution in [3.05, 3.63) is 59.5 Å². The molecule has 0 radical (unpaired) electrons. The third-order valence-electron chi connectivity index (χ3n) is 4.31. The summed E-state index contributed by atoms with van der Waals surface area (Å²) in [4.78, 5) is 4.75. The molecule has 1 atom stereocenters. The first kappa shape index (κ1) is 17.0. The van der Waals surface area contributed by atoms with Crippen LogP contribution in [0.15, 0.2) is 47.0 Å². The Morgan fingerprint density at radius 3 is 2.52 bits per heavy atom. The summed E-state index contributed by atoms with van der Waals surface area (Å²) in [5.74, 6) is 1.45. The lowest BCUT2D eigenvalue weighted by atomic mass is 10.0. The second-order valence-electron chi connectivity index (χ2n) is 6.23. The van der Waals surface area contributed by atoms with Crippen LogP contribution in [0.1, 0.15) is 42.8 Å².